The summed E-state index contributed by atoms with van der Waals surface area (Å²) < 4.78 is 0. The third kappa shape index (κ3) is 3.96. The summed E-state index contributed by atoms with van der Waals surface area (Å²) in [5.41, 5.74) is 2.41. The number of hydrogen-bond donors (Lipinski definition) is 0. The molecule has 122 valence electrons. The molecule has 2 rings (SSSR count). The molecule has 0 saturated carbocycles. The van der Waals surface area contributed by atoms with Crippen molar-refractivity contribution in [3.8, 4) is 0 Å². The van der Waals surface area contributed by atoms with Gasteiger partial charge in [-0.3, -0.25) is 4.79 Å². The largest absolute Gasteiger partial charge is 0.378 e. The average molecular weight is 321 g/mol. The fraction of sp³-hybridized carbons (Fsp3) is 0.588. The first-order valence-corrected chi connectivity index (χ1v) is 9.02. The topological polar surface area (TPSA) is 26.8 Å². The van der Waals surface area contributed by atoms with E-state index in [1.165, 1.54) is 11.3 Å². The highest BCUT2D eigenvalue weighted by atomic mass is 32.2. The molecule has 0 aromatic heterocycles. The van der Waals surface area contributed by atoms with E-state index in [1.54, 1.807) is 11.8 Å². The van der Waals surface area contributed by atoms with Crippen LogP contribution in [0.2, 0.25) is 0 Å². The van der Waals surface area contributed by atoms with Crippen LogP contribution in [0.3, 0.4) is 0 Å². The molecular formula is C17H27N3OS. The molecule has 1 fully saturated rings. The number of carbonyl (C=O) groups is 1. The molecule has 1 aliphatic rings. The van der Waals surface area contributed by atoms with Gasteiger partial charge in [-0.15, -0.1) is 11.8 Å². The van der Waals surface area contributed by atoms with Crippen molar-refractivity contribution in [2.75, 3.05) is 50.9 Å². The second-order valence-corrected chi connectivity index (χ2v) is 6.83. The Morgan fingerprint density at radius 1 is 1.18 bits per heavy atom. The lowest BCUT2D eigenvalue weighted by atomic mass is 10.2. The number of hydrogen-bond acceptors (Lipinski definition) is 4. The molecule has 0 N–H and O–H groups in total. The third-order valence-electron chi connectivity index (χ3n) is 4.21. The van der Waals surface area contributed by atoms with Gasteiger partial charge in [-0.05, 0) is 30.8 Å². The summed E-state index contributed by atoms with van der Waals surface area (Å²) in [7, 11) is 4.08. The first-order chi connectivity index (χ1) is 10.6. The van der Waals surface area contributed by atoms with Crippen LogP contribution in [0.5, 0.6) is 0 Å². The zero-order chi connectivity index (χ0) is 16.1. The van der Waals surface area contributed by atoms with Gasteiger partial charge in [-0.25, -0.2) is 0 Å². The predicted octanol–water partition coefficient (Wildman–Crippen LogP) is 2.67. The van der Waals surface area contributed by atoms with E-state index in [9.17, 15) is 4.79 Å². The van der Waals surface area contributed by atoms with Crippen molar-refractivity contribution in [1.82, 2.24) is 9.80 Å². The van der Waals surface area contributed by atoms with E-state index in [-0.39, 0.29) is 11.3 Å². The highest BCUT2D eigenvalue weighted by Crippen LogP contribution is 2.38. The minimum atomic E-state index is 0.166. The summed E-state index contributed by atoms with van der Waals surface area (Å²) in [6.45, 7) is 8.17. The van der Waals surface area contributed by atoms with Crippen LogP contribution in [0.4, 0.5) is 5.69 Å². The van der Waals surface area contributed by atoms with Crippen LogP contribution in [0.25, 0.3) is 0 Å². The highest BCUT2D eigenvalue weighted by molar-refractivity contribution is 8.00. The van der Waals surface area contributed by atoms with Crippen molar-refractivity contribution < 1.29 is 4.79 Å². The maximum atomic E-state index is 12.2. The van der Waals surface area contributed by atoms with Crippen molar-refractivity contribution in [2.24, 2.45) is 0 Å². The lowest BCUT2D eigenvalue weighted by molar-refractivity contribution is -0.128. The third-order valence-corrected chi connectivity index (χ3v) is 5.47. The Morgan fingerprint density at radius 3 is 2.36 bits per heavy atom. The van der Waals surface area contributed by atoms with Crippen LogP contribution in [-0.2, 0) is 4.79 Å². The molecule has 0 bridgehead atoms. The van der Waals surface area contributed by atoms with Crippen LogP contribution < -0.4 is 4.90 Å². The Kier molecular flexibility index (Phi) is 6.15. The Balaban J connectivity index is 2.06. The normalized spacial score (nSPS) is 18.3. The van der Waals surface area contributed by atoms with Gasteiger partial charge in [0, 0.05) is 32.9 Å². The van der Waals surface area contributed by atoms with Gasteiger partial charge in [0.25, 0.3) is 0 Å². The molecule has 22 heavy (non-hydrogen) atoms. The van der Waals surface area contributed by atoms with Crippen molar-refractivity contribution in [1.29, 1.82) is 0 Å². The zero-order valence-electron chi connectivity index (χ0n) is 14.1. The minimum absolute atomic E-state index is 0.166. The smallest absolute Gasteiger partial charge is 0.233 e. The molecule has 0 aliphatic carbocycles. The maximum Gasteiger partial charge on any atom is 0.233 e. The van der Waals surface area contributed by atoms with E-state index >= 15 is 0 Å². The zero-order valence-corrected chi connectivity index (χ0v) is 14.9. The number of benzene rings is 1. The van der Waals surface area contributed by atoms with E-state index in [0.717, 1.165) is 26.2 Å². The first-order valence-electron chi connectivity index (χ1n) is 7.97. The maximum absolute atomic E-state index is 12.2. The summed E-state index contributed by atoms with van der Waals surface area (Å²) >= 11 is 1.74. The van der Waals surface area contributed by atoms with Gasteiger partial charge < -0.3 is 14.7 Å². The fourth-order valence-electron chi connectivity index (χ4n) is 2.70. The Morgan fingerprint density at radius 2 is 1.82 bits per heavy atom. The molecule has 1 heterocycles. The summed E-state index contributed by atoms with van der Waals surface area (Å²) in [6.07, 6.45) is 0. The Labute approximate surface area is 138 Å². The molecule has 5 heteroatoms. The van der Waals surface area contributed by atoms with Gasteiger partial charge in [0.1, 0.15) is 5.37 Å². The van der Waals surface area contributed by atoms with E-state index in [4.69, 9.17) is 0 Å². The van der Waals surface area contributed by atoms with Gasteiger partial charge in [0.15, 0.2) is 0 Å². The van der Waals surface area contributed by atoms with Crippen LogP contribution >= 0.6 is 11.8 Å². The fourth-order valence-corrected chi connectivity index (χ4v) is 3.92. The number of amides is 1. The molecule has 1 aliphatic heterocycles. The number of carbonyl (C=O) groups excluding carboxylic acids is 1. The van der Waals surface area contributed by atoms with Crippen molar-refractivity contribution in [3.63, 3.8) is 0 Å². The van der Waals surface area contributed by atoms with Crippen LogP contribution in [-0.4, -0.2) is 61.7 Å². The van der Waals surface area contributed by atoms with E-state index in [2.05, 4.69) is 47.9 Å². The molecule has 1 unspecified atom stereocenters. The van der Waals surface area contributed by atoms with Crippen molar-refractivity contribution in [2.45, 2.75) is 19.2 Å². The molecule has 1 atom stereocenters. The number of likely N-dealkylation sites (N-methyl/N-ethyl adjacent to an activating group) is 1. The van der Waals surface area contributed by atoms with Gasteiger partial charge >= 0.3 is 0 Å². The van der Waals surface area contributed by atoms with E-state index < -0.39 is 0 Å². The number of rotatable bonds is 7. The molecule has 0 radical (unpaired) electrons. The molecular weight excluding hydrogens is 294 g/mol. The summed E-state index contributed by atoms with van der Waals surface area (Å²) in [6, 6.07) is 8.55. The summed E-state index contributed by atoms with van der Waals surface area (Å²) in [5.74, 6) is 0.858. The second kappa shape index (κ2) is 7.88. The van der Waals surface area contributed by atoms with Crippen LogP contribution in [0.1, 0.15) is 24.8 Å². The average Bonchev–Trinajstić information content (AvgIpc) is 2.89. The van der Waals surface area contributed by atoms with Crippen molar-refractivity contribution >= 4 is 23.4 Å². The SMILES string of the molecule is CCN(CC)CCN1C(=O)CSC1c1ccc(N(C)C)cc1. The monoisotopic (exact) mass is 321 g/mol. The summed E-state index contributed by atoms with van der Waals surface area (Å²) in [5, 5.41) is 0.166. The van der Waals surface area contributed by atoms with Gasteiger partial charge in [0.05, 0.1) is 5.75 Å². The molecule has 1 aromatic carbocycles. The molecule has 1 aromatic rings. The Hall–Kier alpha value is -1.20. The summed E-state index contributed by atoms with van der Waals surface area (Å²) in [4.78, 5) is 18.7. The lowest BCUT2D eigenvalue weighted by Crippen LogP contribution is -2.37. The van der Waals surface area contributed by atoms with Crippen LogP contribution in [0, 0.1) is 0 Å². The predicted molar refractivity (Wildman–Crippen MR) is 95.5 cm³/mol. The van der Waals surface area contributed by atoms with Crippen LogP contribution in [0.15, 0.2) is 24.3 Å². The lowest BCUT2D eigenvalue weighted by Gasteiger charge is -2.27. The molecule has 4 nitrogen and oxygen atoms in total. The number of thioether (sulfide) groups is 1. The quantitative estimate of drug-likeness (QED) is 0.771. The number of anilines is 1. The van der Waals surface area contributed by atoms with Gasteiger partial charge in [-0.1, -0.05) is 26.0 Å². The Bertz CT molecular complexity index is 485. The molecule has 1 amide bonds. The number of nitrogens with zero attached hydrogens (tertiary/aromatic N) is 3. The van der Waals surface area contributed by atoms with Gasteiger partial charge in [-0.2, -0.15) is 0 Å². The second-order valence-electron chi connectivity index (χ2n) is 5.76. The first kappa shape index (κ1) is 17.2. The van der Waals surface area contributed by atoms with E-state index in [0.29, 0.717) is 5.75 Å². The molecule has 1 saturated heterocycles. The highest BCUT2D eigenvalue weighted by Gasteiger charge is 2.32. The minimum Gasteiger partial charge on any atom is -0.378 e. The standard InChI is InChI=1S/C17H27N3OS/c1-5-19(6-2)11-12-20-16(21)13-22-17(20)14-7-9-15(10-8-14)18(3)4/h7-10,17H,5-6,11-13H2,1-4H3. The molecule has 0 spiro atoms. The van der Waals surface area contributed by atoms with Crippen molar-refractivity contribution in [3.05, 3.63) is 29.8 Å². The van der Waals surface area contributed by atoms with Gasteiger partial charge in [0.2, 0.25) is 5.91 Å². The van der Waals surface area contributed by atoms with E-state index in [1.807, 2.05) is 19.0 Å².